The Bertz CT molecular complexity index is 298. The van der Waals surface area contributed by atoms with Crippen LogP contribution in [0, 0.1) is 5.92 Å². The second kappa shape index (κ2) is 5.55. The topological polar surface area (TPSA) is 60.6 Å². The minimum Gasteiger partial charge on any atom is -0.463 e. The van der Waals surface area contributed by atoms with Crippen molar-refractivity contribution in [1.82, 2.24) is 0 Å². The Morgan fingerprint density at radius 2 is 1.72 bits per heavy atom. The molecule has 0 spiro atoms. The van der Waals surface area contributed by atoms with Crippen LogP contribution in [0.15, 0.2) is 0 Å². The Labute approximate surface area is 107 Å². The smallest absolute Gasteiger partial charge is 0.311 e. The largest absolute Gasteiger partial charge is 0.463 e. The molecule has 0 aromatic carbocycles. The molecule has 1 saturated carbocycles. The first-order valence-electron chi connectivity index (χ1n) is 6.84. The van der Waals surface area contributed by atoms with E-state index in [4.69, 9.17) is 18.9 Å². The zero-order valence-electron chi connectivity index (χ0n) is 10.5. The number of carbonyl (C=O) groups excluding carboxylic acids is 1. The Morgan fingerprint density at radius 1 is 1.06 bits per heavy atom. The quantitative estimate of drug-likeness (QED) is 0.522. The summed E-state index contributed by atoms with van der Waals surface area (Å²) < 4.78 is 21.2. The number of epoxide rings is 2. The Hall–Kier alpha value is -0.650. The van der Waals surface area contributed by atoms with E-state index in [0.717, 1.165) is 38.9 Å². The summed E-state index contributed by atoms with van der Waals surface area (Å²) in [6.45, 7) is 2.52. The number of hydrogen-bond acceptors (Lipinski definition) is 5. The highest BCUT2D eigenvalue weighted by molar-refractivity contribution is 5.73. The van der Waals surface area contributed by atoms with Crippen LogP contribution >= 0.6 is 0 Å². The third-order valence-corrected chi connectivity index (χ3v) is 3.72. The van der Waals surface area contributed by atoms with E-state index in [2.05, 4.69) is 0 Å². The highest BCUT2D eigenvalue weighted by atomic mass is 16.6. The number of esters is 1. The molecular weight excluding hydrogens is 236 g/mol. The van der Waals surface area contributed by atoms with Gasteiger partial charge in [-0.2, -0.15) is 0 Å². The molecule has 3 rings (SSSR count). The third-order valence-electron chi connectivity index (χ3n) is 3.72. The zero-order chi connectivity index (χ0) is 12.4. The predicted molar refractivity (Wildman–Crippen MR) is 62.1 cm³/mol. The number of rotatable bonds is 6. The van der Waals surface area contributed by atoms with Gasteiger partial charge in [-0.25, -0.2) is 0 Å². The van der Waals surface area contributed by atoms with Crippen molar-refractivity contribution in [2.75, 3.05) is 26.4 Å². The number of hydrogen-bond donors (Lipinski definition) is 0. The average Bonchev–Trinajstić information content (AvgIpc) is 3.28. The maximum atomic E-state index is 12.0. The summed E-state index contributed by atoms with van der Waals surface area (Å²) >= 11 is 0. The minimum atomic E-state index is -0.119. The van der Waals surface area contributed by atoms with Crippen molar-refractivity contribution >= 4 is 5.97 Å². The molecule has 0 radical (unpaired) electrons. The normalized spacial score (nSPS) is 38.2. The standard InChI is InChI=1S/C13H20O5/c14-13(18-8-10-6-16-10)11-3-1-2-4-12(11)17-7-9-5-15-9/h9-12H,1-8H2. The number of carbonyl (C=O) groups is 1. The van der Waals surface area contributed by atoms with E-state index in [1.165, 1.54) is 0 Å². The SMILES string of the molecule is O=C(OCC1CO1)C1CCCCC1OCC1CO1. The molecule has 102 valence electrons. The second-order valence-corrected chi connectivity index (χ2v) is 5.30. The van der Waals surface area contributed by atoms with Crippen LogP contribution in [0.25, 0.3) is 0 Å². The lowest BCUT2D eigenvalue weighted by atomic mass is 9.86. The van der Waals surface area contributed by atoms with E-state index in [9.17, 15) is 4.79 Å². The highest BCUT2D eigenvalue weighted by Gasteiger charge is 2.35. The molecule has 4 atom stereocenters. The zero-order valence-corrected chi connectivity index (χ0v) is 10.5. The fourth-order valence-electron chi connectivity index (χ4n) is 2.41. The first kappa shape index (κ1) is 12.4. The van der Waals surface area contributed by atoms with E-state index in [1.807, 2.05) is 0 Å². The van der Waals surface area contributed by atoms with Crippen LogP contribution in [0.4, 0.5) is 0 Å². The molecule has 0 amide bonds. The molecule has 0 N–H and O–H groups in total. The average molecular weight is 256 g/mol. The van der Waals surface area contributed by atoms with Gasteiger partial charge in [0.2, 0.25) is 0 Å². The molecule has 1 aliphatic carbocycles. The summed E-state index contributed by atoms with van der Waals surface area (Å²) in [5, 5.41) is 0. The van der Waals surface area contributed by atoms with Crippen molar-refractivity contribution in [3.05, 3.63) is 0 Å². The Morgan fingerprint density at radius 3 is 2.44 bits per heavy atom. The van der Waals surface area contributed by atoms with Crippen LogP contribution in [0.1, 0.15) is 25.7 Å². The van der Waals surface area contributed by atoms with Gasteiger partial charge in [0.25, 0.3) is 0 Å². The van der Waals surface area contributed by atoms with E-state index in [1.54, 1.807) is 0 Å². The van der Waals surface area contributed by atoms with Crippen molar-refractivity contribution < 1.29 is 23.7 Å². The van der Waals surface area contributed by atoms with Gasteiger partial charge in [0.15, 0.2) is 0 Å². The van der Waals surface area contributed by atoms with Crippen molar-refractivity contribution in [3.63, 3.8) is 0 Å². The fraction of sp³-hybridized carbons (Fsp3) is 0.923. The van der Waals surface area contributed by atoms with Crippen molar-refractivity contribution in [2.24, 2.45) is 5.92 Å². The van der Waals surface area contributed by atoms with Crippen LogP contribution in [-0.4, -0.2) is 50.7 Å². The molecule has 2 aliphatic heterocycles. The molecule has 2 heterocycles. The molecule has 3 aliphatic rings. The van der Waals surface area contributed by atoms with Crippen LogP contribution in [0.3, 0.4) is 0 Å². The molecule has 5 heteroatoms. The van der Waals surface area contributed by atoms with E-state index in [0.29, 0.717) is 13.2 Å². The van der Waals surface area contributed by atoms with Gasteiger partial charge < -0.3 is 18.9 Å². The summed E-state index contributed by atoms with van der Waals surface area (Å²) in [6, 6.07) is 0. The molecule has 0 bridgehead atoms. The van der Waals surface area contributed by atoms with Gasteiger partial charge in [-0.3, -0.25) is 4.79 Å². The molecule has 0 aromatic heterocycles. The van der Waals surface area contributed by atoms with Crippen LogP contribution in [0.2, 0.25) is 0 Å². The summed E-state index contributed by atoms with van der Waals surface area (Å²) in [4.78, 5) is 12.0. The molecule has 3 fully saturated rings. The van der Waals surface area contributed by atoms with Gasteiger partial charge in [-0.15, -0.1) is 0 Å². The van der Waals surface area contributed by atoms with E-state index < -0.39 is 0 Å². The van der Waals surface area contributed by atoms with Gasteiger partial charge in [-0.05, 0) is 12.8 Å². The Kier molecular flexibility index (Phi) is 3.82. The van der Waals surface area contributed by atoms with Gasteiger partial charge in [0.05, 0.1) is 31.8 Å². The van der Waals surface area contributed by atoms with E-state index >= 15 is 0 Å². The van der Waals surface area contributed by atoms with Crippen molar-refractivity contribution in [1.29, 1.82) is 0 Å². The summed E-state index contributed by atoms with van der Waals surface area (Å²) in [5.74, 6) is -0.219. The number of ether oxygens (including phenoxy) is 4. The monoisotopic (exact) mass is 256 g/mol. The molecule has 4 unspecified atom stereocenters. The minimum absolute atomic E-state index is 0.00979. The summed E-state index contributed by atoms with van der Waals surface area (Å²) in [5.41, 5.74) is 0. The highest BCUT2D eigenvalue weighted by Crippen LogP contribution is 2.29. The third kappa shape index (κ3) is 3.43. The Balaban J connectivity index is 1.46. The predicted octanol–water partition coefficient (Wildman–Crippen LogP) is 0.903. The lowest BCUT2D eigenvalue weighted by molar-refractivity contribution is -0.157. The van der Waals surface area contributed by atoms with Crippen LogP contribution in [-0.2, 0) is 23.7 Å². The van der Waals surface area contributed by atoms with Crippen molar-refractivity contribution in [2.45, 2.75) is 44.0 Å². The maximum Gasteiger partial charge on any atom is 0.311 e. The van der Waals surface area contributed by atoms with E-state index in [-0.39, 0.29) is 30.2 Å². The maximum absolute atomic E-state index is 12.0. The lowest BCUT2D eigenvalue weighted by Gasteiger charge is -2.29. The van der Waals surface area contributed by atoms with Crippen LogP contribution in [0.5, 0.6) is 0 Å². The van der Waals surface area contributed by atoms with Gasteiger partial charge in [0, 0.05) is 0 Å². The second-order valence-electron chi connectivity index (χ2n) is 5.30. The summed E-state index contributed by atoms with van der Waals surface area (Å²) in [7, 11) is 0. The summed E-state index contributed by atoms with van der Waals surface area (Å²) in [6.07, 6.45) is 4.44. The molecular formula is C13H20O5. The van der Waals surface area contributed by atoms with Gasteiger partial charge in [0.1, 0.15) is 18.8 Å². The van der Waals surface area contributed by atoms with Crippen LogP contribution < -0.4 is 0 Å². The van der Waals surface area contributed by atoms with Crippen molar-refractivity contribution in [3.8, 4) is 0 Å². The molecule has 5 nitrogen and oxygen atoms in total. The lowest BCUT2D eigenvalue weighted by Crippen LogP contribution is -2.36. The van der Waals surface area contributed by atoms with Gasteiger partial charge >= 0.3 is 5.97 Å². The first-order valence-corrected chi connectivity index (χ1v) is 6.84. The molecule has 2 saturated heterocycles. The molecule has 18 heavy (non-hydrogen) atoms. The first-order chi connectivity index (χ1) is 8.83. The van der Waals surface area contributed by atoms with Gasteiger partial charge in [-0.1, -0.05) is 12.8 Å². The fourth-order valence-corrected chi connectivity index (χ4v) is 2.41. The molecule has 0 aromatic rings.